The van der Waals surface area contributed by atoms with Crippen molar-refractivity contribution in [1.29, 1.82) is 0 Å². The molecule has 0 spiro atoms. The number of aromatic nitrogens is 5. The molecular formula is C20H14F3N5OS. The van der Waals surface area contributed by atoms with Gasteiger partial charge < -0.3 is 4.52 Å². The van der Waals surface area contributed by atoms with Crippen LogP contribution in [-0.4, -0.2) is 25.3 Å². The molecule has 2 aromatic heterocycles. The molecule has 6 nitrogen and oxygen atoms in total. The number of nitrogens with zero attached hydrogens (tertiary/aromatic N) is 4. The average molecular weight is 429 g/mol. The summed E-state index contributed by atoms with van der Waals surface area (Å²) in [6.07, 6.45) is -0.712. The molecular weight excluding hydrogens is 415 g/mol. The van der Waals surface area contributed by atoms with Crippen LogP contribution in [0.15, 0.2) is 64.3 Å². The summed E-state index contributed by atoms with van der Waals surface area (Å²) in [4.78, 5) is 8.49. The van der Waals surface area contributed by atoms with Crippen LogP contribution in [0.3, 0.4) is 0 Å². The zero-order valence-corrected chi connectivity index (χ0v) is 16.1. The van der Waals surface area contributed by atoms with E-state index in [4.69, 9.17) is 4.52 Å². The Bertz CT molecular complexity index is 1150. The molecule has 1 N–H and O–H groups in total. The Kier molecular flexibility index (Phi) is 5.66. The Morgan fingerprint density at radius 3 is 2.63 bits per heavy atom. The summed E-state index contributed by atoms with van der Waals surface area (Å²) >= 11 is 1.27. The largest absolute Gasteiger partial charge is 0.416 e. The maximum absolute atomic E-state index is 12.9. The molecule has 152 valence electrons. The number of alkyl halides is 3. The molecule has 2 aromatic carbocycles. The fourth-order valence-electron chi connectivity index (χ4n) is 2.53. The number of halogens is 3. The summed E-state index contributed by atoms with van der Waals surface area (Å²) in [6.45, 7) is 0. The molecule has 0 aliphatic rings. The summed E-state index contributed by atoms with van der Waals surface area (Å²) in [5.41, 5.74) is 0.504. The molecule has 2 heterocycles. The Balaban J connectivity index is 1.38. The van der Waals surface area contributed by atoms with E-state index in [1.807, 2.05) is 42.5 Å². The Labute approximate surface area is 173 Å². The molecule has 30 heavy (non-hydrogen) atoms. The summed E-state index contributed by atoms with van der Waals surface area (Å²) in [5, 5.41) is 11.2. The van der Waals surface area contributed by atoms with E-state index in [-0.39, 0.29) is 23.0 Å². The number of rotatable bonds is 6. The van der Waals surface area contributed by atoms with Gasteiger partial charge in [-0.15, -0.1) is 5.10 Å². The van der Waals surface area contributed by atoms with Gasteiger partial charge in [-0.1, -0.05) is 65.5 Å². The molecule has 4 rings (SSSR count). The zero-order chi connectivity index (χ0) is 21.0. The van der Waals surface area contributed by atoms with Gasteiger partial charge in [0.2, 0.25) is 16.9 Å². The highest BCUT2D eigenvalue weighted by atomic mass is 32.2. The van der Waals surface area contributed by atoms with Crippen LogP contribution in [0.5, 0.6) is 0 Å². The Morgan fingerprint density at radius 2 is 1.83 bits per heavy atom. The minimum absolute atomic E-state index is 0.0955. The molecule has 0 aliphatic carbocycles. The maximum atomic E-state index is 12.9. The highest BCUT2D eigenvalue weighted by Gasteiger charge is 2.30. The van der Waals surface area contributed by atoms with Gasteiger partial charge in [-0.25, -0.2) is 4.98 Å². The van der Waals surface area contributed by atoms with E-state index in [0.29, 0.717) is 11.0 Å². The summed E-state index contributed by atoms with van der Waals surface area (Å²) in [7, 11) is 0. The van der Waals surface area contributed by atoms with E-state index in [1.54, 1.807) is 0 Å². The van der Waals surface area contributed by atoms with Crippen LogP contribution in [0.4, 0.5) is 13.2 Å². The van der Waals surface area contributed by atoms with Gasteiger partial charge in [0.15, 0.2) is 0 Å². The van der Waals surface area contributed by atoms with E-state index in [0.717, 1.165) is 17.7 Å². The van der Waals surface area contributed by atoms with Crippen LogP contribution in [0.1, 0.15) is 22.8 Å². The lowest BCUT2D eigenvalue weighted by Crippen LogP contribution is -2.04. The molecule has 4 aromatic rings. The van der Waals surface area contributed by atoms with Gasteiger partial charge in [0, 0.05) is 5.56 Å². The van der Waals surface area contributed by atoms with Crippen molar-refractivity contribution in [2.75, 3.05) is 0 Å². The number of nitrogens with one attached hydrogen (secondary N) is 1. The number of hydrogen-bond acceptors (Lipinski definition) is 6. The number of aromatic amines is 1. The second-order valence-corrected chi connectivity index (χ2v) is 7.07. The second-order valence-electron chi connectivity index (χ2n) is 6.13. The van der Waals surface area contributed by atoms with E-state index >= 15 is 0 Å². The van der Waals surface area contributed by atoms with E-state index in [2.05, 4.69) is 25.3 Å². The normalized spacial score (nSPS) is 12.0. The first-order chi connectivity index (χ1) is 14.5. The Hall–Kier alpha value is -3.40. The van der Waals surface area contributed by atoms with Gasteiger partial charge in [-0.3, -0.25) is 5.10 Å². The van der Waals surface area contributed by atoms with Crippen LogP contribution < -0.4 is 0 Å². The Morgan fingerprint density at radius 1 is 1.00 bits per heavy atom. The predicted octanol–water partition coefficient (Wildman–Crippen LogP) is 5.34. The third-order valence-corrected chi connectivity index (χ3v) is 4.79. The third kappa shape index (κ3) is 4.95. The van der Waals surface area contributed by atoms with Crippen molar-refractivity contribution in [1.82, 2.24) is 25.3 Å². The van der Waals surface area contributed by atoms with Crippen molar-refractivity contribution in [3.63, 3.8) is 0 Å². The first kappa shape index (κ1) is 19.9. The van der Waals surface area contributed by atoms with Crippen LogP contribution in [0.2, 0.25) is 0 Å². The molecule has 0 saturated carbocycles. The highest BCUT2D eigenvalue weighted by Crippen LogP contribution is 2.31. The molecule has 0 saturated heterocycles. The molecule has 10 heteroatoms. The first-order valence-corrected chi connectivity index (χ1v) is 9.74. The van der Waals surface area contributed by atoms with Gasteiger partial charge in [0.25, 0.3) is 0 Å². The predicted molar refractivity (Wildman–Crippen MR) is 106 cm³/mol. The summed E-state index contributed by atoms with van der Waals surface area (Å²) < 4.78 is 43.7. The monoisotopic (exact) mass is 429 g/mol. The molecule has 0 bridgehead atoms. The molecule has 0 radical (unpaired) electrons. The van der Waals surface area contributed by atoms with Crippen molar-refractivity contribution in [2.45, 2.75) is 17.1 Å². The van der Waals surface area contributed by atoms with E-state index in [9.17, 15) is 13.2 Å². The van der Waals surface area contributed by atoms with Gasteiger partial charge in [0.1, 0.15) is 5.82 Å². The van der Waals surface area contributed by atoms with Crippen molar-refractivity contribution >= 4 is 23.9 Å². The lowest BCUT2D eigenvalue weighted by Gasteiger charge is -2.06. The molecule has 0 unspecified atom stereocenters. The minimum Gasteiger partial charge on any atom is -0.338 e. The lowest BCUT2D eigenvalue weighted by molar-refractivity contribution is -0.137. The topological polar surface area (TPSA) is 80.5 Å². The minimum atomic E-state index is -4.43. The quantitative estimate of drug-likeness (QED) is 0.417. The average Bonchev–Trinajstić information content (AvgIpc) is 3.40. The van der Waals surface area contributed by atoms with Gasteiger partial charge in [-0.2, -0.15) is 18.2 Å². The summed E-state index contributed by atoms with van der Waals surface area (Å²) in [6, 6.07) is 14.6. The van der Waals surface area contributed by atoms with Gasteiger partial charge in [0.05, 0.1) is 11.3 Å². The van der Waals surface area contributed by atoms with Crippen molar-refractivity contribution in [3.8, 4) is 11.4 Å². The lowest BCUT2D eigenvalue weighted by atomic mass is 10.1. The van der Waals surface area contributed by atoms with Crippen molar-refractivity contribution < 1.29 is 17.7 Å². The maximum Gasteiger partial charge on any atom is 0.416 e. The number of benzene rings is 2. The SMILES string of the molecule is FC(F)(F)c1cccc(-c2noc(CSc3n[nH]c(/C=C/c4ccccc4)n3)n2)c1. The zero-order valence-electron chi connectivity index (χ0n) is 15.3. The molecule has 0 atom stereocenters. The van der Waals surface area contributed by atoms with Crippen LogP contribution in [0.25, 0.3) is 23.5 Å². The van der Waals surface area contributed by atoms with Crippen molar-refractivity contribution in [3.05, 3.63) is 77.4 Å². The van der Waals surface area contributed by atoms with Crippen LogP contribution in [-0.2, 0) is 11.9 Å². The first-order valence-electron chi connectivity index (χ1n) is 8.76. The highest BCUT2D eigenvalue weighted by molar-refractivity contribution is 7.98. The number of H-pyrrole nitrogens is 1. The third-order valence-electron chi connectivity index (χ3n) is 3.96. The smallest absolute Gasteiger partial charge is 0.338 e. The van der Waals surface area contributed by atoms with Crippen LogP contribution in [0, 0.1) is 0 Å². The molecule has 0 fully saturated rings. The second kappa shape index (κ2) is 8.54. The summed E-state index contributed by atoms with van der Waals surface area (Å²) in [5.74, 6) is 1.24. The number of thioether (sulfide) groups is 1. The van der Waals surface area contributed by atoms with Crippen LogP contribution >= 0.6 is 11.8 Å². The fourth-order valence-corrected chi connectivity index (χ4v) is 3.17. The van der Waals surface area contributed by atoms with E-state index < -0.39 is 11.7 Å². The van der Waals surface area contributed by atoms with Gasteiger partial charge in [-0.05, 0) is 23.8 Å². The van der Waals surface area contributed by atoms with Gasteiger partial charge >= 0.3 is 6.18 Å². The molecule has 0 amide bonds. The fraction of sp³-hybridized carbons (Fsp3) is 0.100. The van der Waals surface area contributed by atoms with E-state index in [1.165, 1.54) is 23.9 Å². The van der Waals surface area contributed by atoms with Crippen molar-refractivity contribution in [2.24, 2.45) is 0 Å². The standard InChI is InChI=1S/C20H14F3N5OS/c21-20(22,23)15-8-4-7-14(11-15)18-25-17(29-28-18)12-30-19-24-16(26-27-19)10-9-13-5-2-1-3-6-13/h1-11H,12H2,(H,24,26,27)/b10-9+. The number of hydrogen-bond donors (Lipinski definition) is 1. The molecule has 0 aliphatic heterocycles.